The summed E-state index contributed by atoms with van der Waals surface area (Å²) in [6.45, 7) is 11.3. The van der Waals surface area contributed by atoms with E-state index in [1.165, 1.54) is 5.57 Å². The van der Waals surface area contributed by atoms with Gasteiger partial charge in [0.15, 0.2) is 0 Å². The number of hydrogen-bond donors (Lipinski definition) is 0. The van der Waals surface area contributed by atoms with E-state index in [4.69, 9.17) is 4.74 Å². The molecule has 1 fully saturated rings. The highest BCUT2D eigenvalue weighted by Gasteiger charge is 2.29. The molecular weight excluding hydrogens is 124 g/mol. The van der Waals surface area contributed by atoms with Gasteiger partial charge in [0.1, 0.15) is 0 Å². The van der Waals surface area contributed by atoms with Crippen molar-refractivity contribution < 1.29 is 4.74 Å². The third kappa shape index (κ3) is 1.60. The number of ether oxygens (including phenoxy) is 1. The van der Waals surface area contributed by atoms with Crippen LogP contribution < -0.4 is 0 Å². The average molecular weight is 140 g/mol. The molecule has 1 aliphatic rings. The summed E-state index contributed by atoms with van der Waals surface area (Å²) in [6.07, 6.45) is 1.43. The highest BCUT2D eigenvalue weighted by Crippen LogP contribution is 2.31. The molecule has 10 heavy (non-hydrogen) atoms. The van der Waals surface area contributed by atoms with Crippen molar-refractivity contribution in [3.05, 3.63) is 12.2 Å². The Morgan fingerprint density at radius 3 is 2.30 bits per heavy atom. The zero-order valence-corrected chi connectivity index (χ0v) is 7.11. The van der Waals surface area contributed by atoms with Gasteiger partial charge in [-0.3, -0.25) is 0 Å². The van der Waals surface area contributed by atoms with Crippen molar-refractivity contribution in [3.8, 4) is 0 Å². The lowest BCUT2D eigenvalue weighted by Crippen LogP contribution is -2.24. The summed E-state index contributed by atoms with van der Waals surface area (Å²) in [7, 11) is 0. The number of hydrogen-bond acceptors (Lipinski definition) is 1. The Labute approximate surface area is 63.1 Å². The summed E-state index contributed by atoms with van der Waals surface area (Å²) < 4.78 is 5.53. The van der Waals surface area contributed by atoms with E-state index in [9.17, 15) is 0 Å². The minimum Gasteiger partial charge on any atom is -0.373 e. The minimum absolute atomic E-state index is 0.277. The summed E-state index contributed by atoms with van der Waals surface area (Å²) in [4.78, 5) is 0. The van der Waals surface area contributed by atoms with Crippen molar-refractivity contribution in [2.45, 2.75) is 33.3 Å². The molecule has 1 aliphatic heterocycles. The summed E-state index contributed by atoms with van der Waals surface area (Å²) in [5.41, 5.74) is 1.51. The molecule has 0 N–H and O–H groups in total. The third-order valence-electron chi connectivity index (χ3n) is 1.93. The molecule has 0 aliphatic carbocycles. The lowest BCUT2D eigenvalue weighted by Gasteiger charge is -2.25. The molecule has 0 aromatic carbocycles. The van der Waals surface area contributed by atoms with Gasteiger partial charge in [0.05, 0.1) is 12.7 Å². The van der Waals surface area contributed by atoms with Crippen LogP contribution in [0.4, 0.5) is 0 Å². The molecule has 1 atom stereocenters. The molecule has 0 radical (unpaired) electrons. The Kier molecular flexibility index (Phi) is 1.86. The Balaban J connectivity index is 2.53. The summed E-state index contributed by atoms with van der Waals surface area (Å²) >= 11 is 0. The van der Waals surface area contributed by atoms with Gasteiger partial charge < -0.3 is 4.74 Å². The summed E-state index contributed by atoms with van der Waals surface area (Å²) in [6, 6.07) is 0. The van der Waals surface area contributed by atoms with E-state index in [-0.39, 0.29) is 5.41 Å². The van der Waals surface area contributed by atoms with Crippen molar-refractivity contribution in [2.75, 3.05) is 6.61 Å². The van der Waals surface area contributed by atoms with Crippen molar-refractivity contribution in [2.24, 2.45) is 5.41 Å². The van der Waals surface area contributed by atoms with Crippen LogP contribution in [0.1, 0.15) is 27.2 Å². The summed E-state index contributed by atoms with van der Waals surface area (Å²) in [5.74, 6) is 0. The van der Waals surface area contributed by atoms with Crippen LogP contribution in [-0.4, -0.2) is 12.7 Å². The molecule has 1 unspecified atom stereocenters. The first kappa shape index (κ1) is 7.80. The largest absolute Gasteiger partial charge is 0.373 e. The van der Waals surface area contributed by atoms with Crippen LogP contribution in [0, 0.1) is 5.41 Å². The predicted molar refractivity (Wildman–Crippen MR) is 43.0 cm³/mol. The molecule has 1 nitrogen and oxygen atoms in total. The molecule has 0 saturated carbocycles. The van der Waals surface area contributed by atoms with Gasteiger partial charge in [-0.05, 0) is 17.4 Å². The smallest absolute Gasteiger partial charge is 0.0679 e. The first-order valence-corrected chi connectivity index (χ1v) is 3.78. The molecule has 0 spiro atoms. The van der Waals surface area contributed by atoms with Gasteiger partial charge in [0, 0.05) is 0 Å². The van der Waals surface area contributed by atoms with Gasteiger partial charge in [0.2, 0.25) is 0 Å². The number of rotatable bonds is 0. The van der Waals surface area contributed by atoms with Gasteiger partial charge in [-0.25, -0.2) is 0 Å². The van der Waals surface area contributed by atoms with E-state index in [0.29, 0.717) is 6.10 Å². The van der Waals surface area contributed by atoms with Crippen molar-refractivity contribution >= 4 is 0 Å². The van der Waals surface area contributed by atoms with Crippen molar-refractivity contribution in [1.29, 1.82) is 0 Å². The third-order valence-corrected chi connectivity index (χ3v) is 1.93. The minimum atomic E-state index is 0.277. The fraction of sp³-hybridized carbons (Fsp3) is 0.778. The van der Waals surface area contributed by atoms with E-state index in [2.05, 4.69) is 27.4 Å². The molecule has 58 valence electrons. The molecular formula is C9H16O. The second-order valence-corrected chi connectivity index (χ2v) is 4.12. The second kappa shape index (κ2) is 2.39. The molecule has 0 amide bonds. The Bertz CT molecular complexity index is 141. The van der Waals surface area contributed by atoms with Gasteiger partial charge in [-0.2, -0.15) is 0 Å². The van der Waals surface area contributed by atoms with Crippen LogP contribution in [0.2, 0.25) is 0 Å². The van der Waals surface area contributed by atoms with Crippen LogP contribution >= 0.6 is 0 Å². The van der Waals surface area contributed by atoms with Crippen LogP contribution in [0.25, 0.3) is 0 Å². The SMILES string of the molecule is C=C1COC(C(C)(C)C)C1. The molecule has 0 aromatic heterocycles. The van der Waals surface area contributed by atoms with E-state index in [1.54, 1.807) is 0 Å². The molecule has 1 heteroatoms. The van der Waals surface area contributed by atoms with Gasteiger partial charge >= 0.3 is 0 Å². The van der Waals surface area contributed by atoms with E-state index < -0.39 is 0 Å². The quantitative estimate of drug-likeness (QED) is 0.469. The molecule has 1 heterocycles. The van der Waals surface area contributed by atoms with Gasteiger partial charge in [-0.1, -0.05) is 27.4 Å². The van der Waals surface area contributed by atoms with E-state index in [0.717, 1.165) is 13.0 Å². The van der Waals surface area contributed by atoms with Crippen LogP contribution in [0.3, 0.4) is 0 Å². The topological polar surface area (TPSA) is 9.23 Å². The van der Waals surface area contributed by atoms with Crippen LogP contribution in [0.15, 0.2) is 12.2 Å². The summed E-state index contributed by atoms with van der Waals surface area (Å²) in [5, 5.41) is 0. The monoisotopic (exact) mass is 140 g/mol. The normalized spacial score (nSPS) is 27.5. The van der Waals surface area contributed by atoms with Gasteiger partial charge in [-0.15, -0.1) is 0 Å². The zero-order chi connectivity index (χ0) is 7.78. The molecule has 1 rings (SSSR count). The highest BCUT2D eigenvalue weighted by molar-refractivity contribution is 5.03. The van der Waals surface area contributed by atoms with Crippen molar-refractivity contribution in [3.63, 3.8) is 0 Å². The maximum absolute atomic E-state index is 5.53. The average Bonchev–Trinajstić information content (AvgIpc) is 2.11. The van der Waals surface area contributed by atoms with Gasteiger partial charge in [0.25, 0.3) is 0 Å². The Morgan fingerprint density at radius 2 is 2.10 bits per heavy atom. The van der Waals surface area contributed by atoms with E-state index in [1.807, 2.05) is 0 Å². The standard InChI is InChI=1S/C9H16O/c1-7-5-8(10-6-7)9(2,3)4/h8H,1,5-6H2,2-4H3. The Hall–Kier alpha value is -0.300. The molecule has 0 aromatic rings. The molecule has 1 saturated heterocycles. The fourth-order valence-electron chi connectivity index (χ4n) is 1.15. The second-order valence-electron chi connectivity index (χ2n) is 4.12. The maximum atomic E-state index is 5.53. The first-order valence-electron chi connectivity index (χ1n) is 3.78. The van der Waals surface area contributed by atoms with Crippen LogP contribution in [-0.2, 0) is 4.74 Å². The Morgan fingerprint density at radius 1 is 1.50 bits per heavy atom. The van der Waals surface area contributed by atoms with E-state index >= 15 is 0 Å². The predicted octanol–water partition coefficient (Wildman–Crippen LogP) is 2.38. The van der Waals surface area contributed by atoms with Crippen LogP contribution in [0.5, 0.6) is 0 Å². The zero-order valence-electron chi connectivity index (χ0n) is 7.11. The fourth-order valence-corrected chi connectivity index (χ4v) is 1.15. The lowest BCUT2D eigenvalue weighted by molar-refractivity contribution is 0.0298. The van der Waals surface area contributed by atoms with Crippen molar-refractivity contribution in [1.82, 2.24) is 0 Å². The maximum Gasteiger partial charge on any atom is 0.0679 e. The lowest BCUT2D eigenvalue weighted by atomic mass is 9.87. The highest BCUT2D eigenvalue weighted by atomic mass is 16.5. The first-order chi connectivity index (χ1) is 4.50. The molecule has 0 bridgehead atoms.